The Balaban J connectivity index is 2.33. The van der Waals surface area contributed by atoms with Crippen molar-refractivity contribution in [3.8, 4) is 6.07 Å². The smallest absolute Gasteiger partial charge is 0.174 e. The number of aryl methyl sites for hydroxylation is 1. The van der Waals surface area contributed by atoms with E-state index in [2.05, 4.69) is 15.0 Å². The third-order valence-corrected chi connectivity index (χ3v) is 2.80. The van der Waals surface area contributed by atoms with Crippen molar-refractivity contribution in [3.05, 3.63) is 30.5 Å². The molecule has 2 rings (SSSR count). The van der Waals surface area contributed by atoms with Crippen LogP contribution in [-0.2, 0) is 7.05 Å². The van der Waals surface area contributed by atoms with Crippen LogP contribution in [0.15, 0.2) is 35.0 Å². The molecule has 2 aromatic heterocycles. The van der Waals surface area contributed by atoms with Gasteiger partial charge in [-0.25, -0.2) is 15.0 Å². The Morgan fingerprint density at radius 3 is 2.73 bits per heavy atom. The van der Waals surface area contributed by atoms with Gasteiger partial charge in [-0.05, 0) is 11.8 Å². The van der Waals surface area contributed by atoms with E-state index in [0.717, 1.165) is 5.16 Å². The number of hydrogen-bond acceptors (Lipinski definition) is 5. The van der Waals surface area contributed by atoms with Crippen molar-refractivity contribution in [2.45, 2.75) is 10.2 Å². The monoisotopic (exact) mass is 217 g/mol. The lowest BCUT2D eigenvalue weighted by atomic mass is 10.5. The van der Waals surface area contributed by atoms with E-state index < -0.39 is 0 Å². The van der Waals surface area contributed by atoms with Gasteiger partial charge in [-0.2, -0.15) is 5.26 Å². The summed E-state index contributed by atoms with van der Waals surface area (Å²) in [5.41, 5.74) is 0.325. The van der Waals surface area contributed by atoms with Gasteiger partial charge in [0.25, 0.3) is 0 Å². The van der Waals surface area contributed by atoms with E-state index in [1.807, 2.05) is 23.9 Å². The molecule has 0 N–H and O–H groups in total. The van der Waals surface area contributed by atoms with Gasteiger partial charge < -0.3 is 4.57 Å². The Morgan fingerprint density at radius 2 is 2.07 bits per heavy atom. The minimum atomic E-state index is 0.325. The van der Waals surface area contributed by atoms with Gasteiger partial charge in [0.2, 0.25) is 0 Å². The standard InChI is InChI=1S/C9H7N5S/c1-14-5-4-13-9(14)15-8-7(6-10)11-2-3-12-8/h2-5H,1H3. The summed E-state index contributed by atoms with van der Waals surface area (Å²) >= 11 is 1.33. The molecule has 6 heteroatoms. The minimum Gasteiger partial charge on any atom is -0.329 e. The predicted molar refractivity (Wildman–Crippen MR) is 54.1 cm³/mol. The van der Waals surface area contributed by atoms with Crippen LogP contribution >= 0.6 is 11.8 Å². The maximum Gasteiger partial charge on any atom is 0.174 e. The quantitative estimate of drug-likeness (QED) is 0.756. The molecule has 15 heavy (non-hydrogen) atoms. The first-order valence-corrected chi connectivity index (χ1v) is 4.99. The number of nitriles is 1. The van der Waals surface area contributed by atoms with E-state index in [9.17, 15) is 0 Å². The molecule has 0 aliphatic heterocycles. The van der Waals surface area contributed by atoms with E-state index in [-0.39, 0.29) is 0 Å². The summed E-state index contributed by atoms with van der Waals surface area (Å²) in [7, 11) is 1.89. The molecule has 0 spiro atoms. The summed E-state index contributed by atoms with van der Waals surface area (Å²) in [6, 6.07) is 2.00. The summed E-state index contributed by atoms with van der Waals surface area (Å²) in [5.74, 6) is 0. The summed E-state index contributed by atoms with van der Waals surface area (Å²) in [6.45, 7) is 0. The molecule has 2 aromatic rings. The van der Waals surface area contributed by atoms with Crippen LogP contribution < -0.4 is 0 Å². The van der Waals surface area contributed by atoms with Gasteiger partial charge in [-0.15, -0.1) is 0 Å². The van der Waals surface area contributed by atoms with Gasteiger partial charge in [0.1, 0.15) is 11.1 Å². The number of hydrogen-bond donors (Lipinski definition) is 0. The van der Waals surface area contributed by atoms with Crippen molar-refractivity contribution in [1.29, 1.82) is 5.26 Å². The molecule has 0 saturated heterocycles. The first-order valence-electron chi connectivity index (χ1n) is 4.17. The second-order valence-corrected chi connectivity index (χ2v) is 3.70. The summed E-state index contributed by atoms with van der Waals surface area (Å²) in [6.07, 6.45) is 6.60. The molecule has 0 unspecified atom stereocenters. The number of rotatable bonds is 2. The van der Waals surface area contributed by atoms with Crippen LogP contribution in [0, 0.1) is 11.3 Å². The Bertz CT molecular complexity index is 513. The molecule has 0 amide bonds. The molecule has 0 atom stereocenters. The summed E-state index contributed by atoms with van der Waals surface area (Å²) < 4.78 is 1.86. The van der Waals surface area contributed by atoms with Gasteiger partial charge in [0.15, 0.2) is 10.9 Å². The molecular formula is C9H7N5S. The van der Waals surface area contributed by atoms with Crippen molar-refractivity contribution < 1.29 is 0 Å². The molecule has 0 bridgehead atoms. The van der Waals surface area contributed by atoms with Crippen LogP contribution in [0.3, 0.4) is 0 Å². The molecule has 0 radical (unpaired) electrons. The molecule has 0 aliphatic carbocycles. The molecule has 0 saturated carbocycles. The first-order chi connectivity index (χ1) is 7.31. The molecule has 74 valence electrons. The maximum absolute atomic E-state index is 8.82. The van der Waals surface area contributed by atoms with Gasteiger partial charge in [0, 0.05) is 31.8 Å². The average Bonchev–Trinajstić information content (AvgIpc) is 2.65. The zero-order chi connectivity index (χ0) is 10.7. The van der Waals surface area contributed by atoms with E-state index in [1.165, 1.54) is 18.0 Å². The third kappa shape index (κ3) is 1.97. The van der Waals surface area contributed by atoms with Crippen LogP contribution in [0.25, 0.3) is 0 Å². The molecule has 0 aliphatic rings. The second kappa shape index (κ2) is 4.11. The maximum atomic E-state index is 8.82. The minimum absolute atomic E-state index is 0.325. The van der Waals surface area contributed by atoms with Crippen molar-refractivity contribution in [1.82, 2.24) is 19.5 Å². The molecule has 5 nitrogen and oxygen atoms in total. The van der Waals surface area contributed by atoms with Crippen LogP contribution in [-0.4, -0.2) is 19.5 Å². The van der Waals surface area contributed by atoms with Crippen LogP contribution in [0.4, 0.5) is 0 Å². The lowest BCUT2D eigenvalue weighted by Gasteiger charge is -2.00. The third-order valence-electron chi connectivity index (χ3n) is 1.74. The van der Waals surface area contributed by atoms with Crippen LogP contribution in [0.1, 0.15) is 5.69 Å². The van der Waals surface area contributed by atoms with Gasteiger partial charge in [-0.3, -0.25) is 0 Å². The molecule has 0 aromatic carbocycles. The topological polar surface area (TPSA) is 67.4 Å². The average molecular weight is 217 g/mol. The highest BCUT2D eigenvalue weighted by Gasteiger charge is 2.08. The Hall–Kier alpha value is -1.87. The molecule has 0 fully saturated rings. The van der Waals surface area contributed by atoms with Crippen molar-refractivity contribution in [2.75, 3.05) is 0 Å². The lowest BCUT2D eigenvalue weighted by Crippen LogP contribution is -1.93. The predicted octanol–water partition coefficient (Wildman–Crippen LogP) is 1.23. The number of imidazole rings is 1. The summed E-state index contributed by atoms with van der Waals surface area (Å²) in [4.78, 5) is 12.2. The normalized spacial score (nSPS) is 9.87. The lowest BCUT2D eigenvalue weighted by molar-refractivity contribution is 0.788. The Morgan fingerprint density at radius 1 is 1.27 bits per heavy atom. The van der Waals surface area contributed by atoms with Gasteiger partial charge in [-0.1, -0.05) is 0 Å². The zero-order valence-corrected chi connectivity index (χ0v) is 8.77. The largest absolute Gasteiger partial charge is 0.329 e. The van der Waals surface area contributed by atoms with E-state index in [1.54, 1.807) is 12.4 Å². The van der Waals surface area contributed by atoms with Gasteiger partial charge in [0.05, 0.1) is 0 Å². The first kappa shape index (κ1) is 9.68. The van der Waals surface area contributed by atoms with Crippen molar-refractivity contribution >= 4 is 11.8 Å². The number of aromatic nitrogens is 4. The molecular weight excluding hydrogens is 210 g/mol. The fraction of sp³-hybridized carbons (Fsp3) is 0.111. The Labute approximate surface area is 90.8 Å². The zero-order valence-electron chi connectivity index (χ0n) is 7.95. The molecule has 2 heterocycles. The van der Waals surface area contributed by atoms with Gasteiger partial charge >= 0.3 is 0 Å². The highest BCUT2D eigenvalue weighted by molar-refractivity contribution is 7.99. The fourth-order valence-corrected chi connectivity index (χ4v) is 1.81. The van der Waals surface area contributed by atoms with Crippen molar-refractivity contribution in [2.24, 2.45) is 7.05 Å². The van der Waals surface area contributed by atoms with E-state index in [0.29, 0.717) is 10.7 Å². The van der Waals surface area contributed by atoms with Crippen LogP contribution in [0.5, 0.6) is 0 Å². The Kier molecular flexibility index (Phi) is 2.65. The fourth-order valence-electron chi connectivity index (χ4n) is 1.01. The van der Waals surface area contributed by atoms with Crippen LogP contribution in [0.2, 0.25) is 0 Å². The summed E-state index contributed by atoms with van der Waals surface area (Å²) in [5, 5.41) is 10.2. The highest BCUT2D eigenvalue weighted by Crippen LogP contribution is 2.25. The second-order valence-electron chi connectivity index (χ2n) is 2.74. The van der Waals surface area contributed by atoms with E-state index >= 15 is 0 Å². The van der Waals surface area contributed by atoms with Crippen molar-refractivity contribution in [3.63, 3.8) is 0 Å². The SMILES string of the molecule is Cn1ccnc1Sc1nccnc1C#N. The number of nitrogens with zero attached hydrogens (tertiary/aromatic N) is 5. The highest BCUT2D eigenvalue weighted by atomic mass is 32.2. The van der Waals surface area contributed by atoms with E-state index in [4.69, 9.17) is 5.26 Å².